The molecule has 0 aliphatic carbocycles. The molecular formula is C13H11ClFN. The Morgan fingerprint density at radius 1 is 1.31 bits per heavy atom. The normalized spacial score (nSPS) is 10.4. The summed E-state index contributed by atoms with van der Waals surface area (Å²) in [5.41, 5.74) is 2.85. The minimum atomic E-state index is -0.403. The predicted molar refractivity (Wildman–Crippen MR) is 64.0 cm³/mol. The van der Waals surface area contributed by atoms with Gasteiger partial charge in [-0.15, -0.1) is 0 Å². The van der Waals surface area contributed by atoms with Crippen molar-refractivity contribution >= 4 is 11.6 Å². The van der Waals surface area contributed by atoms with Gasteiger partial charge in [-0.05, 0) is 36.2 Å². The van der Waals surface area contributed by atoms with Crippen LogP contribution in [0.5, 0.6) is 0 Å². The first-order valence-electron chi connectivity index (χ1n) is 5.11. The van der Waals surface area contributed by atoms with Gasteiger partial charge in [0.25, 0.3) is 0 Å². The number of halogens is 2. The summed E-state index contributed by atoms with van der Waals surface area (Å²) in [5, 5.41) is 0.130. The molecule has 0 radical (unpaired) electrons. The van der Waals surface area contributed by atoms with Crippen molar-refractivity contribution in [1.29, 1.82) is 0 Å². The van der Waals surface area contributed by atoms with E-state index < -0.39 is 5.82 Å². The van der Waals surface area contributed by atoms with Gasteiger partial charge in [0.15, 0.2) is 0 Å². The molecule has 0 N–H and O–H groups in total. The quantitative estimate of drug-likeness (QED) is 0.764. The second kappa shape index (κ2) is 4.62. The van der Waals surface area contributed by atoms with E-state index in [1.165, 1.54) is 6.07 Å². The van der Waals surface area contributed by atoms with E-state index in [1.807, 2.05) is 12.1 Å². The lowest BCUT2D eigenvalue weighted by atomic mass is 10.0. The third-order valence-corrected chi connectivity index (χ3v) is 2.75. The van der Waals surface area contributed by atoms with Crippen molar-refractivity contribution in [3.8, 4) is 11.3 Å². The van der Waals surface area contributed by atoms with Crippen molar-refractivity contribution in [3.05, 3.63) is 52.9 Å². The summed E-state index contributed by atoms with van der Waals surface area (Å²) in [7, 11) is 0. The fourth-order valence-corrected chi connectivity index (χ4v) is 1.81. The van der Waals surface area contributed by atoms with E-state index in [1.54, 1.807) is 18.3 Å². The van der Waals surface area contributed by atoms with Gasteiger partial charge in [0.2, 0.25) is 0 Å². The molecule has 1 aromatic heterocycles. The Kier molecular flexibility index (Phi) is 3.20. The number of aryl methyl sites for hydroxylation is 1. The maximum Gasteiger partial charge on any atom is 0.141 e. The molecule has 0 saturated carbocycles. The van der Waals surface area contributed by atoms with Gasteiger partial charge in [0.1, 0.15) is 5.82 Å². The topological polar surface area (TPSA) is 12.9 Å². The number of pyridine rings is 1. The molecule has 1 nitrogen and oxygen atoms in total. The molecular weight excluding hydrogens is 225 g/mol. The van der Waals surface area contributed by atoms with Crippen LogP contribution in [0, 0.1) is 5.82 Å². The van der Waals surface area contributed by atoms with Crippen molar-refractivity contribution in [2.45, 2.75) is 13.3 Å². The van der Waals surface area contributed by atoms with Crippen LogP contribution in [-0.4, -0.2) is 4.98 Å². The van der Waals surface area contributed by atoms with Crippen LogP contribution in [0.1, 0.15) is 12.5 Å². The molecule has 0 spiro atoms. The lowest BCUT2D eigenvalue weighted by Crippen LogP contribution is -1.91. The molecule has 3 heteroatoms. The molecule has 2 aromatic rings. The summed E-state index contributed by atoms with van der Waals surface area (Å²) >= 11 is 5.76. The monoisotopic (exact) mass is 235 g/mol. The van der Waals surface area contributed by atoms with Gasteiger partial charge in [-0.25, -0.2) is 4.39 Å². The largest absolute Gasteiger partial charge is 0.256 e. The Labute approximate surface area is 98.9 Å². The van der Waals surface area contributed by atoms with Crippen LogP contribution in [0.15, 0.2) is 36.5 Å². The molecule has 16 heavy (non-hydrogen) atoms. The second-order valence-corrected chi connectivity index (χ2v) is 3.90. The molecule has 0 amide bonds. The fourth-order valence-electron chi connectivity index (χ4n) is 1.63. The number of rotatable bonds is 2. The van der Waals surface area contributed by atoms with E-state index in [4.69, 9.17) is 11.6 Å². The summed E-state index contributed by atoms with van der Waals surface area (Å²) in [5.74, 6) is -0.403. The lowest BCUT2D eigenvalue weighted by Gasteiger charge is -2.06. The van der Waals surface area contributed by atoms with Gasteiger partial charge >= 0.3 is 0 Å². The Hall–Kier alpha value is -1.41. The summed E-state index contributed by atoms with van der Waals surface area (Å²) in [4.78, 5) is 4.31. The van der Waals surface area contributed by atoms with Gasteiger partial charge in [0.05, 0.1) is 10.7 Å². The number of hydrogen-bond donors (Lipinski definition) is 0. The van der Waals surface area contributed by atoms with Gasteiger partial charge in [-0.1, -0.05) is 24.6 Å². The van der Waals surface area contributed by atoms with E-state index in [0.717, 1.165) is 23.2 Å². The summed E-state index contributed by atoms with van der Waals surface area (Å²) in [6.07, 6.45) is 2.62. The number of aromatic nitrogens is 1. The van der Waals surface area contributed by atoms with Crippen LogP contribution in [0.3, 0.4) is 0 Å². The molecule has 0 unspecified atom stereocenters. The van der Waals surface area contributed by atoms with E-state index in [2.05, 4.69) is 11.9 Å². The standard InChI is InChI=1S/C13H11ClFN/c1-2-9-4-3-7-16-13(9)10-5-6-12(15)11(14)8-10/h3-8H,2H2,1H3. The minimum absolute atomic E-state index is 0.130. The fraction of sp³-hybridized carbons (Fsp3) is 0.154. The Balaban J connectivity index is 2.54. The van der Waals surface area contributed by atoms with Crippen molar-refractivity contribution in [3.63, 3.8) is 0 Å². The molecule has 82 valence electrons. The van der Waals surface area contributed by atoms with Crippen molar-refractivity contribution in [2.75, 3.05) is 0 Å². The number of nitrogens with zero attached hydrogens (tertiary/aromatic N) is 1. The molecule has 0 saturated heterocycles. The molecule has 1 aromatic carbocycles. The first kappa shape index (κ1) is 11.1. The van der Waals surface area contributed by atoms with Crippen molar-refractivity contribution < 1.29 is 4.39 Å². The highest BCUT2D eigenvalue weighted by Crippen LogP contribution is 2.25. The Morgan fingerprint density at radius 3 is 2.81 bits per heavy atom. The summed E-state index contributed by atoms with van der Waals surface area (Å²) < 4.78 is 13.0. The Bertz CT molecular complexity index is 511. The first-order valence-corrected chi connectivity index (χ1v) is 5.49. The molecule has 0 bridgehead atoms. The van der Waals surface area contributed by atoms with Crippen LogP contribution < -0.4 is 0 Å². The van der Waals surface area contributed by atoms with Gasteiger partial charge < -0.3 is 0 Å². The molecule has 1 heterocycles. The van der Waals surface area contributed by atoms with E-state index in [0.29, 0.717) is 0 Å². The minimum Gasteiger partial charge on any atom is -0.256 e. The molecule has 0 fully saturated rings. The van der Waals surface area contributed by atoms with Gasteiger partial charge in [-0.2, -0.15) is 0 Å². The van der Waals surface area contributed by atoms with Crippen LogP contribution in [0.2, 0.25) is 5.02 Å². The Morgan fingerprint density at radius 2 is 2.12 bits per heavy atom. The molecule has 0 aliphatic rings. The second-order valence-electron chi connectivity index (χ2n) is 3.49. The molecule has 0 aliphatic heterocycles. The third-order valence-electron chi connectivity index (χ3n) is 2.47. The summed E-state index contributed by atoms with van der Waals surface area (Å²) in [6.45, 7) is 2.06. The lowest BCUT2D eigenvalue weighted by molar-refractivity contribution is 0.628. The highest BCUT2D eigenvalue weighted by atomic mass is 35.5. The van der Waals surface area contributed by atoms with Crippen LogP contribution in [0.4, 0.5) is 4.39 Å². The van der Waals surface area contributed by atoms with Gasteiger partial charge in [0, 0.05) is 11.8 Å². The number of hydrogen-bond acceptors (Lipinski definition) is 1. The zero-order valence-corrected chi connectivity index (χ0v) is 9.63. The first-order chi connectivity index (χ1) is 7.72. The van der Waals surface area contributed by atoms with Gasteiger partial charge in [-0.3, -0.25) is 4.98 Å². The van der Waals surface area contributed by atoms with Crippen molar-refractivity contribution in [1.82, 2.24) is 4.98 Å². The highest BCUT2D eigenvalue weighted by Gasteiger charge is 2.07. The van der Waals surface area contributed by atoms with E-state index >= 15 is 0 Å². The van der Waals surface area contributed by atoms with Crippen LogP contribution >= 0.6 is 11.6 Å². The van der Waals surface area contributed by atoms with Crippen LogP contribution in [-0.2, 0) is 6.42 Å². The maximum absolute atomic E-state index is 13.0. The van der Waals surface area contributed by atoms with E-state index in [-0.39, 0.29) is 5.02 Å². The molecule has 2 rings (SSSR count). The smallest absolute Gasteiger partial charge is 0.141 e. The zero-order chi connectivity index (χ0) is 11.5. The summed E-state index contributed by atoms with van der Waals surface area (Å²) in [6, 6.07) is 8.58. The molecule has 0 atom stereocenters. The SMILES string of the molecule is CCc1cccnc1-c1ccc(F)c(Cl)c1. The van der Waals surface area contributed by atoms with Crippen molar-refractivity contribution in [2.24, 2.45) is 0 Å². The predicted octanol–water partition coefficient (Wildman–Crippen LogP) is 4.10. The zero-order valence-electron chi connectivity index (χ0n) is 8.87. The van der Waals surface area contributed by atoms with Crippen LogP contribution in [0.25, 0.3) is 11.3 Å². The maximum atomic E-state index is 13.0. The van der Waals surface area contributed by atoms with E-state index in [9.17, 15) is 4.39 Å². The third kappa shape index (κ3) is 2.07. The average Bonchev–Trinajstić information content (AvgIpc) is 2.32. The average molecular weight is 236 g/mol. The number of benzene rings is 1. The highest BCUT2D eigenvalue weighted by molar-refractivity contribution is 6.31.